The highest BCUT2D eigenvalue weighted by Crippen LogP contribution is 2.32. The van der Waals surface area contributed by atoms with E-state index in [2.05, 4.69) is 20.8 Å². The molecular formula is C20H22O3. The van der Waals surface area contributed by atoms with Crippen LogP contribution in [-0.2, 0) is 5.41 Å². The molecule has 0 atom stereocenters. The molecule has 0 amide bonds. The smallest absolute Gasteiger partial charge is 0.163 e. The van der Waals surface area contributed by atoms with Crippen LogP contribution in [0.4, 0.5) is 0 Å². The third kappa shape index (κ3) is 4.07. The van der Waals surface area contributed by atoms with Gasteiger partial charge in [-0.3, -0.25) is 9.59 Å². The van der Waals surface area contributed by atoms with E-state index in [9.17, 15) is 9.59 Å². The summed E-state index contributed by atoms with van der Waals surface area (Å²) in [6, 6.07) is 12.6. The van der Waals surface area contributed by atoms with Crippen LogP contribution in [0.2, 0.25) is 0 Å². The lowest BCUT2D eigenvalue weighted by Gasteiger charge is -2.21. The Morgan fingerprint density at radius 3 is 1.96 bits per heavy atom. The maximum Gasteiger partial charge on any atom is 0.163 e. The van der Waals surface area contributed by atoms with Crippen molar-refractivity contribution in [2.45, 2.75) is 40.0 Å². The lowest BCUT2D eigenvalue weighted by Crippen LogP contribution is -2.12. The fourth-order valence-corrected chi connectivity index (χ4v) is 2.25. The van der Waals surface area contributed by atoms with Crippen LogP contribution >= 0.6 is 0 Å². The molecule has 0 radical (unpaired) electrons. The standard InChI is InChI=1S/C20H22O3/c1-13(21)15-6-9-17(10-7-15)23-19-12-16(20(3,4)5)8-11-18(19)14(2)22/h6-12H,1-5H3. The van der Waals surface area contributed by atoms with Gasteiger partial charge in [0.05, 0.1) is 5.56 Å². The number of hydrogen-bond donors (Lipinski definition) is 0. The minimum absolute atomic E-state index is 0.00991. The maximum atomic E-state index is 11.8. The van der Waals surface area contributed by atoms with Crippen molar-refractivity contribution in [1.29, 1.82) is 0 Å². The van der Waals surface area contributed by atoms with Gasteiger partial charge in [-0.25, -0.2) is 0 Å². The number of hydrogen-bond acceptors (Lipinski definition) is 3. The van der Waals surface area contributed by atoms with Gasteiger partial charge in [0.2, 0.25) is 0 Å². The highest BCUT2D eigenvalue weighted by atomic mass is 16.5. The van der Waals surface area contributed by atoms with Gasteiger partial charge in [0, 0.05) is 5.56 Å². The Morgan fingerprint density at radius 2 is 1.48 bits per heavy atom. The van der Waals surface area contributed by atoms with Gasteiger partial charge in [-0.05, 0) is 61.2 Å². The molecule has 23 heavy (non-hydrogen) atoms. The van der Waals surface area contributed by atoms with Gasteiger partial charge in [-0.15, -0.1) is 0 Å². The van der Waals surface area contributed by atoms with Gasteiger partial charge < -0.3 is 4.74 Å². The zero-order chi connectivity index (χ0) is 17.2. The fourth-order valence-electron chi connectivity index (χ4n) is 2.25. The second-order valence-corrected chi connectivity index (χ2v) is 6.70. The summed E-state index contributed by atoms with van der Waals surface area (Å²) in [6.45, 7) is 9.39. The van der Waals surface area contributed by atoms with Crippen molar-refractivity contribution < 1.29 is 14.3 Å². The molecule has 3 heteroatoms. The van der Waals surface area contributed by atoms with E-state index in [1.165, 1.54) is 13.8 Å². The number of ketones is 2. The second-order valence-electron chi connectivity index (χ2n) is 6.70. The zero-order valence-electron chi connectivity index (χ0n) is 14.3. The molecule has 2 rings (SSSR count). The Bertz CT molecular complexity index is 734. The monoisotopic (exact) mass is 310 g/mol. The Labute approximate surface area is 137 Å². The molecule has 2 aromatic carbocycles. The Hall–Kier alpha value is -2.42. The van der Waals surface area contributed by atoms with Crippen molar-refractivity contribution in [2.24, 2.45) is 0 Å². The molecule has 0 aliphatic heterocycles. The van der Waals surface area contributed by atoms with Gasteiger partial charge in [0.25, 0.3) is 0 Å². The number of benzene rings is 2. The highest BCUT2D eigenvalue weighted by Gasteiger charge is 2.18. The summed E-state index contributed by atoms with van der Waals surface area (Å²) in [5, 5.41) is 0. The summed E-state index contributed by atoms with van der Waals surface area (Å²) >= 11 is 0. The van der Waals surface area contributed by atoms with E-state index in [0.717, 1.165) is 5.56 Å². The van der Waals surface area contributed by atoms with Crippen LogP contribution in [0.1, 0.15) is 60.9 Å². The predicted octanol–water partition coefficient (Wildman–Crippen LogP) is 5.18. The largest absolute Gasteiger partial charge is 0.457 e. The summed E-state index contributed by atoms with van der Waals surface area (Å²) in [5.41, 5.74) is 2.24. The van der Waals surface area contributed by atoms with E-state index in [0.29, 0.717) is 22.6 Å². The van der Waals surface area contributed by atoms with Crippen LogP contribution in [0, 0.1) is 0 Å². The molecular weight excluding hydrogens is 288 g/mol. The number of rotatable bonds is 4. The van der Waals surface area contributed by atoms with Gasteiger partial charge in [-0.2, -0.15) is 0 Å². The average molecular weight is 310 g/mol. The van der Waals surface area contributed by atoms with E-state index in [4.69, 9.17) is 4.74 Å². The number of Topliss-reactive ketones (excluding diaryl/α,β-unsaturated/α-hetero) is 2. The lowest BCUT2D eigenvalue weighted by atomic mass is 9.86. The number of carbonyl (C=O) groups excluding carboxylic acids is 2. The Morgan fingerprint density at radius 1 is 0.870 bits per heavy atom. The molecule has 0 aliphatic rings. The van der Waals surface area contributed by atoms with E-state index in [-0.39, 0.29) is 17.0 Å². The van der Waals surface area contributed by atoms with E-state index >= 15 is 0 Å². The van der Waals surface area contributed by atoms with Crippen molar-refractivity contribution in [2.75, 3.05) is 0 Å². The third-order valence-corrected chi connectivity index (χ3v) is 3.72. The first-order valence-electron chi connectivity index (χ1n) is 7.63. The summed E-state index contributed by atoms with van der Waals surface area (Å²) < 4.78 is 5.91. The summed E-state index contributed by atoms with van der Waals surface area (Å²) in [4.78, 5) is 23.2. The average Bonchev–Trinajstić information content (AvgIpc) is 2.46. The van der Waals surface area contributed by atoms with E-state index < -0.39 is 0 Å². The molecule has 0 spiro atoms. The molecule has 0 unspecified atom stereocenters. The molecule has 0 heterocycles. The Kier molecular flexibility index (Phi) is 4.69. The van der Waals surface area contributed by atoms with Gasteiger partial charge in [-0.1, -0.05) is 26.8 Å². The molecule has 0 bridgehead atoms. The molecule has 120 valence electrons. The fraction of sp³-hybridized carbons (Fsp3) is 0.300. The van der Waals surface area contributed by atoms with E-state index in [1.54, 1.807) is 24.3 Å². The first kappa shape index (κ1) is 16.9. The minimum atomic E-state index is -0.0409. The number of carbonyl (C=O) groups is 2. The SMILES string of the molecule is CC(=O)c1ccc(Oc2cc(C(C)(C)C)ccc2C(C)=O)cc1. The zero-order valence-corrected chi connectivity index (χ0v) is 14.3. The summed E-state index contributed by atoms with van der Waals surface area (Å²) in [7, 11) is 0. The van der Waals surface area contributed by atoms with Crippen molar-refractivity contribution in [3.05, 3.63) is 59.2 Å². The van der Waals surface area contributed by atoms with Gasteiger partial charge in [0.1, 0.15) is 11.5 Å². The van der Waals surface area contributed by atoms with Gasteiger partial charge >= 0.3 is 0 Å². The maximum absolute atomic E-state index is 11.8. The van der Waals surface area contributed by atoms with Crippen molar-refractivity contribution in [1.82, 2.24) is 0 Å². The highest BCUT2D eigenvalue weighted by molar-refractivity contribution is 5.97. The molecule has 3 nitrogen and oxygen atoms in total. The summed E-state index contributed by atoms with van der Waals surface area (Å²) in [6.07, 6.45) is 0. The van der Waals surface area contributed by atoms with Crippen LogP contribution in [0.5, 0.6) is 11.5 Å². The van der Waals surface area contributed by atoms with Crippen molar-refractivity contribution >= 4 is 11.6 Å². The van der Waals surface area contributed by atoms with Gasteiger partial charge in [0.15, 0.2) is 11.6 Å². The van der Waals surface area contributed by atoms with Crippen molar-refractivity contribution in [3.63, 3.8) is 0 Å². The van der Waals surface area contributed by atoms with Crippen LogP contribution in [0.3, 0.4) is 0 Å². The van der Waals surface area contributed by atoms with Crippen molar-refractivity contribution in [3.8, 4) is 11.5 Å². The first-order valence-corrected chi connectivity index (χ1v) is 7.63. The normalized spacial score (nSPS) is 11.2. The Balaban J connectivity index is 2.40. The van der Waals surface area contributed by atoms with Crippen LogP contribution in [-0.4, -0.2) is 11.6 Å². The molecule has 0 saturated carbocycles. The molecule has 0 fully saturated rings. The topological polar surface area (TPSA) is 43.4 Å². The molecule has 2 aromatic rings. The summed E-state index contributed by atoms with van der Waals surface area (Å²) in [5.74, 6) is 1.11. The van der Waals surface area contributed by atoms with Crippen LogP contribution < -0.4 is 4.74 Å². The molecule has 0 saturated heterocycles. The van der Waals surface area contributed by atoms with E-state index in [1.807, 2.05) is 18.2 Å². The van der Waals surface area contributed by atoms with Crippen LogP contribution in [0.15, 0.2) is 42.5 Å². The van der Waals surface area contributed by atoms with Crippen LogP contribution in [0.25, 0.3) is 0 Å². The molecule has 0 aliphatic carbocycles. The number of ether oxygens (including phenoxy) is 1. The minimum Gasteiger partial charge on any atom is -0.457 e. The lowest BCUT2D eigenvalue weighted by molar-refractivity contribution is 0.100. The second kappa shape index (κ2) is 6.37. The third-order valence-electron chi connectivity index (χ3n) is 3.72. The predicted molar refractivity (Wildman–Crippen MR) is 91.7 cm³/mol. The quantitative estimate of drug-likeness (QED) is 0.731. The molecule has 0 N–H and O–H groups in total. The molecule has 0 aromatic heterocycles. The first-order chi connectivity index (χ1) is 10.7.